The summed E-state index contributed by atoms with van der Waals surface area (Å²) in [4.78, 5) is 26.9. The van der Waals surface area contributed by atoms with Crippen LogP contribution in [0.3, 0.4) is 0 Å². The lowest BCUT2D eigenvalue weighted by atomic mass is 10.1. The van der Waals surface area contributed by atoms with Crippen LogP contribution in [0, 0.1) is 0 Å². The lowest BCUT2D eigenvalue weighted by Crippen LogP contribution is -2.37. The number of rotatable bonds is 9. The number of anilines is 1. The first-order chi connectivity index (χ1) is 15.0. The molecule has 0 saturated heterocycles. The number of nitrogens with zero attached hydrogens (tertiary/aromatic N) is 1. The molecule has 3 rings (SSSR count). The van der Waals surface area contributed by atoms with E-state index in [4.69, 9.17) is 9.15 Å². The summed E-state index contributed by atoms with van der Waals surface area (Å²) in [5, 5.41) is 2.72. The van der Waals surface area contributed by atoms with E-state index >= 15 is 0 Å². The molecule has 0 bridgehead atoms. The molecule has 162 valence electrons. The molecule has 1 N–H and O–H groups in total. The molecular formula is C22H20F2N2O5. The quantitative estimate of drug-likeness (QED) is 0.551. The molecule has 0 unspecified atom stereocenters. The van der Waals surface area contributed by atoms with Gasteiger partial charge in [0.1, 0.15) is 12.3 Å². The highest BCUT2D eigenvalue weighted by Crippen LogP contribution is 2.30. The van der Waals surface area contributed by atoms with E-state index in [1.54, 1.807) is 36.4 Å². The van der Waals surface area contributed by atoms with E-state index in [0.717, 1.165) is 0 Å². The first kappa shape index (κ1) is 21.8. The van der Waals surface area contributed by atoms with Crippen molar-refractivity contribution >= 4 is 17.5 Å². The predicted molar refractivity (Wildman–Crippen MR) is 108 cm³/mol. The lowest BCUT2D eigenvalue weighted by molar-refractivity contribution is -0.117. The van der Waals surface area contributed by atoms with Crippen molar-refractivity contribution in [3.05, 3.63) is 78.3 Å². The highest BCUT2D eigenvalue weighted by Gasteiger charge is 2.22. The number of amides is 2. The molecule has 0 saturated carbocycles. The Morgan fingerprint density at radius 3 is 2.48 bits per heavy atom. The molecule has 31 heavy (non-hydrogen) atoms. The third-order valence-electron chi connectivity index (χ3n) is 4.23. The zero-order valence-electron chi connectivity index (χ0n) is 16.6. The number of benzene rings is 2. The second-order valence-corrected chi connectivity index (χ2v) is 6.40. The van der Waals surface area contributed by atoms with Crippen LogP contribution in [-0.4, -0.2) is 37.0 Å². The Kier molecular flexibility index (Phi) is 7.21. The number of furan rings is 1. The Morgan fingerprint density at radius 1 is 1.06 bits per heavy atom. The second kappa shape index (κ2) is 10.2. The average molecular weight is 430 g/mol. The van der Waals surface area contributed by atoms with Gasteiger partial charge in [0.05, 0.1) is 19.9 Å². The van der Waals surface area contributed by atoms with Crippen molar-refractivity contribution in [3.8, 4) is 11.5 Å². The van der Waals surface area contributed by atoms with E-state index in [1.807, 2.05) is 6.07 Å². The summed E-state index contributed by atoms with van der Waals surface area (Å²) >= 11 is 0. The SMILES string of the molecule is COc1cc(C(=O)N(CC(=O)Nc2ccccc2)Cc2ccco2)ccc1OC(F)F. The number of carbonyl (C=O) groups is 2. The van der Waals surface area contributed by atoms with E-state index in [9.17, 15) is 18.4 Å². The molecule has 1 heterocycles. The van der Waals surface area contributed by atoms with Crippen LogP contribution in [-0.2, 0) is 11.3 Å². The third kappa shape index (κ3) is 6.05. The number of nitrogens with one attached hydrogen (secondary N) is 1. The Labute approximate surface area is 177 Å². The van der Waals surface area contributed by atoms with Gasteiger partial charge in [0, 0.05) is 11.3 Å². The van der Waals surface area contributed by atoms with Gasteiger partial charge in [-0.05, 0) is 42.5 Å². The molecule has 3 aromatic rings. The zero-order valence-corrected chi connectivity index (χ0v) is 16.6. The third-order valence-corrected chi connectivity index (χ3v) is 4.23. The Hall–Kier alpha value is -3.88. The Morgan fingerprint density at radius 2 is 1.84 bits per heavy atom. The maximum atomic E-state index is 13.1. The van der Waals surface area contributed by atoms with Gasteiger partial charge in [0.25, 0.3) is 5.91 Å². The monoisotopic (exact) mass is 430 g/mol. The fourth-order valence-electron chi connectivity index (χ4n) is 2.86. The molecule has 2 amide bonds. The zero-order chi connectivity index (χ0) is 22.2. The minimum atomic E-state index is -3.03. The second-order valence-electron chi connectivity index (χ2n) is 6.40. The summed E-state index contributed by atoms with van der Waals surface area (Å²) in [7, 11) is 1.27. The fraction of sp³-hybridized carbons (Fsp3) is 0.182. The van der Waals surface area contributed by atoms with Crippen LogP contribution >= 0.6 is 0 Å². The number of carbonyl (C=O) groups excluding carboxylic acids is 2. The molecule has 0 aliphatic rings. The Balaban J connectivity index is 1.81. The van der Waals surface area contributed by atoms with Gasteiger partial charge in [-0.2, -0.15) is 8.78 Å². The van der Waals surface area contributed by atoms with Crippen LogP contribution in [0.5, 0.6) is 11.5 Å². The van der Waals surface area contributed by atoms with Crippen LogP contribution in [0.1, 0.15) is 16.1 Å². The number of para-hydroxylation sites is 1. The molecule has 9 heteroatoms. The van der Waals surface area contributed by atoms with Gasteiger partial charge < -0.3 is 24.1 Å². The highest BCUT2D eigenvalue weighted by molar-refractivity contribution is 5.99. The molecule has 2 aromatic carbocycles. The maximum Gasteiger partial charge on any atom is 0.387 e. The van der Waals surface area contributed by atoms with Crippen molar-refractivity contribution in [2.24, 2.45) is 0 Å². The molecule has 0 atom stereocenters. The molecular weight excluding hydrogens is 410 g/mol. The number of methoxy groups -OCH3 is 1. The molecule has 0 aliphatic heterocycles. The van der Waals surface area contributed by atoms with Gasteiger partial charge in [0.2, 0.25) is 5.91 Å². The maximum absolute atomic E-state index is 13.1. The number of hydrogen-bond donors (Lipinski definition) is 1. The first-order valence-electron chi connectivity index (χ1n) is 9.25. The van der Waals surface area contributed by atoms with Crippen LogP contribution in [0.15, 0.2) is 71.3 Å². The molecule has 7 nitrogen and oxygen atoms in total. The smallest absolute Gasteiger partial charge is 0.387 e. The van der Waals surface area contributed by atoms with Crippen LogP contribution in [0.4, 0.5) is 14.5 Å². The van der Waals surface area contributed by atoms with Gasteiger partial charge >= 0.3 is 6.61 Å². The number of alkyl halides is 2. The van der Waals surface area contributed by atoms with E-state index < -0.39 is 18.4 Å². The standard InChI is InChI=1S/C22H20F2N2O5/c1-29-19-12-15(9-10-18(19)31-22(23)24)21(28)26(13-17-8-5-11-30-17)14-20(27)25-16-6-3-2-4-7-16/h2-12,22H,13-14H2,1H3,(H,25,27). The topological polar surface area (TPSA) is 81.0 Å². The van der Waals surface area contributed by atoms with Gasteiger partial charge in [-0.1, -0.05) is 18.2 Å². The minimum absolute atomic E-state index is 0.0298. The summed E-state index contributed by atoms with van der Waals surface area (Å²) in [6.45, 7) is -3.26. The average Bonchev–Trinajstić information content (AvgIpc) is 3.26. The van der Waals surface area contributed by atoms with Crippen molar-refractivity contribution in [3.63, 3.8) is 0 Å². The lowest BCUT2D eigenvalue weighted by Gasteiger charge is -2.22. The van der Waals surface area contributed by atoms with Crippen molar-refractivity contribution in [1.29, 1.82) is 0 Å². The van der Waals surface area contributed by atoms with Gasteiger partial charge in [-0.3, -0.25) is 9.59 Å². The number of hydrogen-bond acceptors (Lipinski definition) is 5. The number of halogens is 2. The van der Waals surface area contributed by atoms with Crippen molar-refractivity contribution in [2.45, 2.75) is 13.2 Å². The van der Waals surface area contributed by atoms with Crippen molar-refractivity contribution in [1.82, 2.24) is 4.90 Å². The molecule has 1 aromatic heterocycles. The molecule has 0 spiro atoms. The number of ether oxygens (including phenoxy) is 2. The highest BCUT2D eigenvalue weighted by atomic mass is 19.3. The molecule has 0 aliphatic carbocycles. The van der Waals surface area contributed by atoms with Crippen molar-refractivity contribution in [2.75, 3.05) is 19.0 Å². The summed E-state index contributed by atoms with van der Waals surface area (Å²) in [6, 6.07) is 16.0. The van der Waals surface area contributed by atoms with E-state index in [2.05, 4.69) is 10.1 Å². The molecule has 0 fully saturated rings. The predicted octanol–water partition coefficient (Wildman–Crippen LogP) is 4.17. The first-order valence-corrected chi connectivity index (χ1v) is 9.25. The van der Waals surface area contributed by atoms with Gasteiger partial charge in [-0.15, -0.1) is 0 Å². The largest absolute Gasteiger partial charge is 0.493 e. The normalized spacial score (nSPS) is 10.6. The summed E-state index contributed by atoms with van der Waals surface area (Å²) in [6.07, 6.45) is 1.46. The van der Waals surface area contributed by atoms with E-state index in [1.165, 1.54) is 36.5 Å². The summed E-state index contributed by atoms with van der Waals surface area (Å²) in [5.41, 5.74) is 0.727. The van der Waals surface area contributed by atoms with Gasteiger partial charge in [-0.25, -0.2) is 0 Å². The summed E-state index contributed by atoms with van der Waals surface area (Å²) < 4.78 is 39.8. The van der Waals surface area contributed by atoms with Gasteiger partial charge in [0.15, 0.2) is 11.5 Å². The molecule has 0 radical (unpaired) electrons. The van der Waals surface area contributed by atoms with Crippen LogP contribution < -0.4 is 14.8 Å². The Bertz CT molecular complexity index is 1010. The van der Waals surface area contributed by atoms with E-state index in [-0.39, 0.29) is 30.2 Å². The summed E-state index contributed by atoms with van der Waals surface area (Å²) in [5.74, 6) is -0.672. The van der Waals surface area contributed by atoms with Crippen molar-refractivity contribution < 1.29 is 32.3 Å². The van der Waals surface area contributed by atoms with Crippen LogP contribution in [0.2, 0.25) is 0 Å². The fourth-order valence-corrected chi connectivity index (χ4v) is 2.86. The minimum Gasteiger partial charge on any atom is -0.493 e. The van der Waals surface area contributed by atoms with E-state index in [0.29, 0.717) is 11.4 Å². The van der Waals surface area contributed by atoms with Crippen LogP contribution in [0.25, 0.3) is 0 Å².